The minimum atomic E-state index is 0.0369. The first-order chi connectivity index (χ1) is 22.2. The van der Waals surface area contributed by atoms with Crippen molar-refractivity contribution in [2.24, 2.45) is 10.9 Å². The largest absolute Gasteiger partial charge is 0.283 e. The van der Waals surface area contributed by atoms with Gasteiger partial charge >= 0.3 is 0 Å². The SMILES string of the molecule is CC1C=CC=NC1c1ccc(-c2c3ccccc3c(-c3ccc(-c4ccccn4)nc3)c3cc(-c4ccccc4)ccc23)cn1. The Balaban J connectivity index is 1.36. The highest BCUT2D eigenvalue weighted by Crippen LogP contribution is 2.45. The van der Waals surface area contributed by atoms with Gasteiger partial charge in [-0.05, 0) is 80.2 Å². The normalized spacial score (nSPS) is 15.9. The first-order valence-corrected chi connectivity index (χ1v) is 15.3. The van der Waals surface area contributed by atoms with E-state index in [-0.39, 0.29) is 6.04 Å². The van der Waals surface area contributed by atoms with Crippen LogP contribution >= 0.6 is 0 Å². The molecule has 4 nitrogen and oxygen atoms in total. The molecule has 8 rings (SSSR count). The number of dihydropyridines is 1. The standard InChI is InChI=1S/C41H30N4/c1-27-10-9-23-43-41(27)38-21-18-30(26-45-38)39-32-13-5-6-14-33(32)40(31-17-20-37(44-25-31)36-15-7-8-22-42-36)35-24-29(16-19-34(35)39)28-11-3-2-4-12-28/h2-27,41H,1H3. The van der Waals surface area contributed by atoms with Crippen LogP contribution in [0, 0.1) is 5.92 Å². The Morgan fingerprint density at radius 2 is 1.18 bits per heavy atom. The zero-order valence-electron chi connectivity index (χ0n) is 24.9. The van der Waals surface area contributed by atoms with E-state index < -0.39 is 0 Å². The summed E-state index contributed by atoms with van der Waals surface area (Å²) in [6.45, 7) is 2.19. The number of rotatable bonds is 5. The lowest BCUT2D eigenvalue weighted by molar-refractivity contribution is 0.553. The summed E-state index contributed by atoms with van der Waals surface area (Å²) in [5.41, 5.74) is 9.57. The van der Waals surface area contributed by atoms with Crippen LogP contribution in [0.15, 0.2) is 151 Å². The van der Waals surface area contributed by atoms with Gasteiger partial charge < -0.3 is 0 Å². The molecule has 0 amide bonds. The fourth-order valence-corrected chi connectivity index (χ4v) is 6.50. The molecule has 0 N–H and O–H groups in total. The number of allylic oxidation sites excluding steroid dienone is 1. The summed E-state index contributed by atoms with van der Waals surface area (Å²) in [6.07, 6.45) is 11.9. The highest BCUT2D eigenvalue weighted by Gasteiger charge is 2.21. The zero-order valence-corrected chi connectivity index (χ0v) is 24.9. The number of aliphatic imine (C=N–C) groups is 1. The van der Waals surface area contributed by atoms with Crippen LogP contribution in [0.3, 0.4) is 0 Å². The van der Waals surface area contributed by atoms with Crippen LogP contribution in [0.5, 0.6) is 0 Å². The molecule has 0 radical (unpaired) electrons. The summed E-state index contributed by atoms with van der Waals surface area (Å²) >= 11 is 0. The van der Waals surface area contributed by atoms with E-state index in [4.69, 9.17) is 15.0 Å². The van der Waals surface area contributed by atoms with Crippen LogP contribution in [0.1, 0.15) is 18.7 Å². The summed E-state index contributed by atoms with van der Waals surface area (Å²) in [6, 6.07) is 40.6. The number of benzene rings is 4. The van der Waals surface area contributed by atoms with E-state index in [0.717, 1.165) is 28.2 Å². The van der Waals surface area contributed by atoms with Crippen molar-refractivity contribution in [3.8, 4) is 44.8 Å². The molecule has 0 saturated heterocycles. The van der Waals surface area contributed by atoms with Gasteiger partial charge in [-0.15, -0.1) is 0 Å². The third-order valence-corrected chi connectivity index (χ3v) is 8.73. The second-order valence-electron chi connectivity index (χ2n) is 11.5. The van der Waals surface area contributed by atoms with Crippen molar-refractivity contribution in [2.75, 3.05) is 0 Å². The molecule has 45 heavy (non-hydrogen) atoms. The van der Waals surface area contributed by atoms with E-state index in [0.29, 0.717) is 5.92 Å². The summed E-state index contributed by atoms with van der Waals surface area (Å²) in [5, 5.41) is 4.72. The highest BCUT2D eigenvalue weighted by atomic mass is 14.8. The third-order valence-electron chi connectivity index (χ3n) is 8.73. The lowest BCUT2D eigenvalue weighted by Crippen LogP contribution is -2.10. The van der Waals surface area contributed by atoms with Gasteiger partial charge in [-0.25, -0.2) is 0 Å². The Labute approximate surface area is 262 Å². The molecule has 1 aliphatic heterocycles. The van der Waals surface area contributed by atoms with Crippen LogP contribution in [-0.2, 0) is 0 Å². The van der Waals surface area contributed by atoms with Crippen molar-refractivity contribution in [3.63, 3.8) is 0 Å². The minimum absolute atomic E-state index is 0.0369. The van der Waals surface area contributed by atoms with Gasteiger partial charge in [-0.2, -0.15) is 0 Å². The van der Waals surface area contributed by atoms with Gasteiger partial charge in [0.1, 0.15) is 0 Å². The van der Waals surface area contributed by atoms with E-state index >= 15 is 0 Å². The van der Waals surface area contributed by atoms with Crippen molar-refractivity contribution in [2.45, 2.75) is 13.0 Å². The van der Waals surface area contributed by atoms with Crippen LogP contribution < -0.4 is 0 Å². The number of fused-ring (bicyclic) bond motifs is 2. The van der Waals surface area contributed by atoms with Gasteiger partial charge in [0.2, 0.25) is 0 Å². The molecule has 4 heteroatoms. The summed E-state index contributed by atoms with van der Waals surface area (Å²) in [5.74, 6) is 0.309. The number of hydrogen-bond donors (Lipinski definition) is 0. The number of aromatic nitrogens is 3. The van der Waals surface area contributed by atoms with E-state index in [1.54, 1.807) is 6.20 Å². The zero-order chi connectivity index (χ0) is 30.2. The Bertz CT molecular complexity index is 2200. The van der Waals surface area contributed by atoms with Crippen molar-refractivity contribution in [1.82, 2.24) is 15.0 Å². The quantitative estimate of drug-likeness (QED) is 0.191. The minimum Gasteiger partial charge on any atom is -0.283 e. The molecular weight excluding hydrogens is 548 g/mol. The van der Waals surface area contributed by atoms with E-state index in [9.17, 15) is 0 Å². The van der Waals surface area contributed by atoms with E-state index in [1.165, 1.54) is 43.8 Å². The first kappa shape index (κ1) is 26.9. The number of nitrogens with zero attached hydrogens (tertiary/aromatic N) is 4. The maximum absolute atomic E-state index is 4.96. The Morgan fingerprint density at radius 3 is 1.87 bits per heavy atom. The average molecular weight is 579 g/mol. The predicted molar refractivity (Wildman–Crippen MR) is 186 cm³/mol. The molecule has 2 unspecified atom stereocenters. The summed E-state index contributed by atoms with van der Waals surface area (Å²) < 4.78 is 0. The molecule has 0 fully saturated rings. The van der Waals surface area contributed by atoms with E-state index in [2.05, 4.69) is 115 Å². The Morgan fingerprint density at radius 1 is 0.511 bits per heavy atom. The fraction of sp³-hybridized carbons (Fsp3) is 0.0732. The third kappa shape index (κ3) is 4.91. The molecule has 4 heterocycles. The molecule has 0 aliphatic carbocycles. The molecule has 4 aromatic carbocycles. The predicted octanol–water partition coefficient (Wildman–Crippen LogP) is 10.2. The molecule has 0 spiro atoms. The van der Waals surface area contributed by atoms with Crippen LogP contribution in [0.2, 0.25) is 0 Å². The van der Waals surface area contributed by atoms with Gasteiger partial charge in [0, 0.05) is 41.8 Å². The van der Waals surface area contributed by atoms with Crippen LogP contribution in [0.25, 0.3) is 66.3 Å². The molecule has 0 saturated carbocycles. The number of pyridine rings is 3. The lowest BCUT2D eigenvalue weighted by atomic mass is 9.85. The highest BCUT2D eigenvalue weighted by molar-refractivity contribution is 6.21. The van der Waals surface area contributed by atoms with Crippen LogP contribution in [0.4, 0.5) is 0 Å². The van der Waals surface area contributed by atoms with Gasteiger partial charge in [-0.3, -0.25) is 19.9 Å². The summed E-state index contributed by atoms with van der Waals surface area (Å²) in [4.78, 5) is 19.0. The average Bonchev–Trinajstić information content (AvgIpc) is 3.11. The fourth-order valence-electron chi connectivity index (χ4n) is 6.50. The van der Waals surface area contributed by atoms with Crippen LogP contribution in [-0.4, -0.2) is 21.2 Å². The maximum atomic E-state index is 4.96. The van der Waals surface area contributed by atoms with Crippen molar-refractivity contribution in [1.29, 1.82) is 0 Å². The number of hydrogen-bond acceptors (Lipinski definition) is 4. The molecule has 7 aromatic rings. The molecular formula is C41H30N4. The molecule has 3 aromatic heterocycles. The first-order valence-electron chi connectivity index (χ1n) is 15.3. The second kappa shape index (κ2) is 11.4. The summed E-state index contributed by atoms with van der Waals surface area (Å²) in [7, 11) is 0. The molecule has 1 aliphatic rings. The van der Waals surface area contributed by atoms with Gasteiger partial charge in [0.05, 0.1) is 23.1 Å². The van der Waals surface area contributed by atoms with Crippen molar-refractivity contribution >= 4 is 27.8 Å². The monoisotopic (exact) mass is 578 g/mol. The topological polar surface area (TPSA) is 51.0 Å². The maximum Gasteiger partial charge on any atom is 0.0979 e. The van der Waals surface area contributed by atoms with Crippen molar-refractivity contribution in [3.05, 3.63) is 152 Å². The smallest absolute Gasteiger partial charge is 0.0979 e. The van der Waals surface area contributed by atoms with Gasteiger partial charge in [0.25, 0.3) is 0 Å². The molecule has 214 valence electrons. The second-order valence-corrected chi connectivity index (χ2v) is 11.5. The Kier molecular flexibility index (Phi) is 6.80. The van der Waals surface area contributed by atoms with Crippen molar-refractivity contribution < 1.29 is 0 Å². The molecule has 0 bridgehead atoms. The van der Waals surface area contributed by atoms with Gasteiger partial charge in [-0.1, -0.05) is 97.9 Å². The van der Waals surface area contributed by atoms with E-state index in [1.807, 2.05) is 42.9 Å². The van der Waals surface area contributed by atoms with Gasteiger partial charge in [0.15, 0.2) is 0 Å². The lowest BCUT2D eigenvalue weighted by Gasteiger charge is -2.20. The Hall–Kier alpha value is -5.74. The molecule has 2 atom stereocenters.